The molecule has 0 bridgehead atoms. The number of hydrogen-bond donors (Lipinski definition) is 2. The van der Waals surface area contributed by atoms with Crippen molar-refractivity contribution < 1.29 is 9.47 Å². The molecule has 2 N–H and O–H groups in total. The lowest BCUT2D eigenvalue weighted by Gasteiger charge is -2.22. The van der Waals surface area contributed by atoms with Gasteiger partial charge in [-0.2, -0.15) is 0 Å². The number of pyridine rings is 1. The first-order chi connectivity index (χ1) is 11.3. The summed E-state index contributed by atoms with van der Waals surface area (Å²) in [5.74, 6) is 0.806. The number of nitrogens with one attached hydrogen (secondary N) is 2. The van der Waals surface area contributed by atoms with E-state index in [1.54, 1.807) is 7.11 Å². The normalized spacial score (nSPS) is 19.6. The summed E-state index contributed by atoms with van der Waals surface area (Å²) in [4.78, 5) is 8.88. The van der Waals surface area contributed by atoms with Gasteiger partial charge in [0.15, 0.2) is 5.96 Å². The summed E-state index contributed by atoms with van der Waals surface area (Å²) in [6.45, 7) is 5.03. The Morgan fingerprint density at radius 1 is 1.52 bits per heavy atom. The number of rotatable bonds is 8. The summed E-state index contributed by atoms with van der Waals surface area (Å²) in [5, 5.41) is 6.81. The molecule has 1 saturated heterocycles. The summed E-state index contributed by atoms with van der Waals surface area (Å²) in [7, 11) is 1.69. The van der Waals surface area contributed by atoms with Crippen molar-refractivity contribution in [1.82, 2.24) is 15.6 Å². The van der Waals surface area contributed by atoms with E-state index < -0.39 is 0 Å². The van der Waals surface area contributed by atoms with Crippen molar-refractivity contribution in [2.45, 2.75) is 38.3 Å². The largest absolute Gasteiger partial charge is 0.383 e. The summed E-state index contributed by atoms with van der Waals surface area (Å²) >= 11 is 0. The second-order valence-corrected chi connectivity index (χ2v) is 5.71. The van der Waals surface area contributed by atoms with Crippen molar-refractivity contribution >= 4 is 5.96 Å². The van der Waals surface area contributed by atoms with Gasteiger partial charge in [0.2, 0.25) is 0 Å². The molecule has 1 aromatic heterocycles. The molecule has 2 heterocycles. The Hall–Kier alpha value is -1.66. The van der Waals surface area contributed by atoms with Gasteiger partial charge in [-0.25, -0.2) is 0 Å². The topological polar surface area (TPSA) is 67.8 Å². The zero-order valence-electron chi connectivity index (χ0n) is 14.1. The molecule has 0 aromatic carbocycles. The maximum Gasteiger partial charge on any atom is 0.191 e. The van der Waals surface area contributed by atoms with Gasteiger partial charge in [-0.3, -0.25) is 9.98 Å². The third kappa shape index (κ3) is 6.54. The first-order valence-electron chi connectivity index (χ1n) is 8.35. The zero-order chi connectivity index (χ0) is 16.3. The molecule has 23 heavy (non-hydrogen) atoms. The Morgan fingerprint density at radius 2 is 2.43 bits per heavy atom. The Balaban J connectivity index is 1.81. The fourth-order valence-electron chi connectivity index (χ4n) is 2.56. The molecule has 0 spiro atoms. The van der Waals surface area contributed by atoms with Crippen LogP contribution in [0.3, 0.4) is 0 Å². The standard InChI is InChI=1S/C17H28N4O2/c1-14(16-7-5-12-23-16)21-17(20-11-13-22-2)19-10-8-15-6-3-4-9-18-15/h3-4,6,9,14,16H,5,7-8,10-13H2,1-2H3,(H2,19,20,21). The molecule has 0 aliphatic carbocycles. The van der Waals surface area contributed by atoms with Crippen LogP contribution in [-0.2, 0) is 15.9 Å². The van der Waals surface area contributed by atoms with Crippen LogP contribution in [0.25, 0.3) is 0 Å². The predicted molar refractivity (Wildman–Crippen MR) is 91.7 cm³/mol. The summed E-state index contributed by atoms with van der Waals surface area (Å²) < 4.78 is 10.8. The van der Waals surface area contributed by atoms with Crippen LogP contribution in [0.1, 0.15) is 25.5 Å². The van der Waals surface area contributed by atoms with Gasteiger partial charge in [0.05, 0.1) is 25.3 Å². The molecule has 1 aliphatic heterocycles. The Kier molecular flexibility index (Phi) is 7.83. The lowest BCUT2D eigenvalue weighted by Crippen LogP contribution is -2.47. The third-order valence-corrected chi connectivity index (χ3v) is 3.85. The number of aromatic nitrogens is 1. The van der Waals surface area contributed by atoms with Gasteiger partial charge < -0.3 is 20.1 Å². The highest BCUT2D eigenvalue weighted by molar-refractivity contribution is 5.80. The van der Waals surface area contributed by atoms with E-state index in [4.69, 9.17) is 9.47 Å². The van der Waals surface area contributed by atoms with Crippen LogP contribution in [0.2, 0.25) is 0 Å². The molecule has 2 unspecified atom stereocenters. The average Bonchev–Trinajstić information content (AvgIpc) is 3.10. The predicted octanol–water partition coefficient (Wildman–Crippen LogP) is 1.37. The summed E-state index contributed by atoms with van der Waals surface area (Å²) in [6.07, 6.45) is 5.19. The zero-order valence-corrected chi connectivity index (χ0v) is 14.1. The Labute approximate surface area is 138 Å². The van der Waals surface area contributed by atoms with Crippen molar-refractivity contribution in [1.29, 1.82) is 0 Å². The van der Waals surface area contributed by atoms with Crippen molar-refractivity contribution in [3.63, 3.8) is 0 Å². The highest BCUT2D eigenvalue weighted by Crippen LogP contribution is 2.15. The van der Waals surface area contributed by atoms with Gasteiger partial charge >= 0.3 is 0 Å². The first-order valence-corrected chi connectivity index (χ1v) is 8.35. The van der Waals surface area contributed by atoms with Crippen molar-refractivity contribution in [2.24, 2.45) is 4.99 Å². The van der Waals surface area contributed by atoms with E-state index in [-0.39, 0.29) is 12.1 Å². The number of methoxy groups -OCH3 is 1. The van der Waals surface area contributed by atoms with E-state index in [1.807, 2.05) is 24.4 Å². The average molecular weight is 320 g/mol. The minimum Gasteiger partial charge on any atom is -0.383 e. The van der Waals surface area contributed by atoms with Gasteiger partial charge in [-0.15, -0.1) is 0 Å². The molecular weight excluding hydrogens is 292 g/mol. The van der Waals surface area contributed by atoms with E-state index in [0.717, 1.165) is 44.1 Å². The number of aliphatic imine (C=N–C) groups is 1. The van der Waals surface area contributed by atoms with Gasteiger partial charge in [0, 0.05) is 38.6 Å². The van der Waals surface area contributed by atoms with Gasteiger partial charge in [0.1, 0.15) is 0 Å². The Bertz CT molecular complexity index is 461. The summed E-state index contributed by atoms with van der Waals surface area (Å²) in [5.41, 5.74) is 1.07. The molecule has 2 rings (SSSR count). The fraction of sp³-hybridized carbons (Fsp3) is 0.647. The smallest absolute Gasteiger partial charge is 0.191 e. The quantitative estimate of drug-likeness (QED) is 0.430. The molecule has 0 radical (unpaired) electrons. The molecule has 1 fully saturated rings. The SMILES string of the molecule is COCCN=C(NCCc1ccccn1)NC(C)C1CCCO1. The van der Waals surface area contributed by atoms with Crippen LogP contribution in [0.15, 0.2) is 29.4 Å². The lowest BCUT2D eigenvalue weighted by atomic mass is 10.1. The second-order valence-electron chi connectivity index (χ2n) is 5.71. The molecule has 2 atom stereocenters. The molecule has 1 aliphatic rings. The van der Waals surface area contributed by atoms with Crippen LogP contribution in [0.5, 0.6) is 0 Å². The highest BCUT2D eigenvalue weighted by atomic mass is 16.5. The van der Waals surface area contributed by atoms with E-state index in [1.165, 1.54) is 0 Å². The molecule has 1 aromatic rings. The van der Waals surface area contributed by atoms with Crippen LogP contribution < -0.4 is 10.6 Å². The van der Waals surface area contributed by atoms with Crippen LogP contribution >= 0.6 is 0 Å². The van der Waals surface area contributed by atoms with E-state index in [9.17, 15) is 0 Å². The molecule has 6 heteroatoms. The minimum atomic E-state index is 0.237. The Morgan fingerprint density at radius 3 is 3.13 bits per heavy atom. The van der Waals surface area contributed by atoms with E-state index in [2.05, 4.69) is 27.5 Å². The van der Waals surface area contributed by atoms with Gasteiger partial charge in [0.25, 0.3) is 0 Å². The number of guanidine groups is 1. The molecular formula is C17H28N4O2. The second kappa shape index (κ2) is 10.2. The van der Waals surface area contributed by atoms with Crippen LogP contribution in [-0.4, -0.2) is 56.5 Å². The third-order valence-electron chi connectivity index (χ3n) is 3.85. The molecule has 128 valence electrons. The number of nitrogens with zero attached hydrogens (tertiary/aromatic N) is 2. The highest BCUT2D eigenvalue weighted by Gasteiger charge is 2.22. The van der Waals surface area contributed by atoms with E-state index in [0.29, 0.717) is 13.2 Å². The van der Waals surface area contributed by atoms with Gasteiger partial charge in [-0.05, 0) is 31.9 Å². The van der Waals surface area contributed by atoms with Crippen LogP contribution in [0.4, 0.5) is 0 Å². The van der Waals surface area contributed by atoms with E-state index >= 15 is 0 Å². The maximum atomic E-state index is 5.74. The number of ether oxygens (including phenoxy) is 2. The molecule has 0 saturated carbocycles. The van der Waals surface area contributed by atoms with Crippen LogP contribution in [0, 0.1) is 0 Å². The van der Waals surface area contributed by atoms with Crippen molar-refractivity contribution in [3.05, 3.63) is 30.1 Å². The maximum absolute atomic E-state index is 5.74. The van der Waals surface area contributed by atoms with Crippen molar-refractivity contribution in [3.8, 4) is 0 Å². The summed E-state index contributed by atoms with van der Waals surface area (Å²) in [6, 6.07) is 6.21. The number of hydrogen-bond acceptors (Lipinski definition) is 4. The fourth-order valence-corrected chi connectivity index (χ4v) is 2.56. The van der Waals surface area contributed by atoms with Gasteiger partial charge in [-0.1, -0.05) is 6.07 Å². The lowest BCUT2D eigenvalue weighted by molar-refractivity contribution is 0.0890. The monoisotopic (exact) mass is 320 g/mol. The minimum absolute atomic E-state index is 0.237. The first kappa shape index (κ1) is 17.7. The molecule has 6 nitrogen and oxygen atoms in total. The van der Waals surface area contributed by atoms with Crippen molar-refractivity contribution in [2.75, 3.05) is 33.4 Å². The molecule has 0 amide bonds.